The number of nitrogens with zero attached hydrogens (tertiary/aromatic N) is 5. The van der Waals surface area contributed by atoms with E-state index in [1.54, 1.807) is 22.9 Å². The molecule has 2 aromatic heterocycles. The third kappa shape index (κ3) is 3.75. The van der Waals surface area contributed by atoms with Crippen LogP contribution in [0.1, 0.15) is 11.1 Å². The van der Waals surface area contributed by atoms with Crippen LogP contribution in [-0.2, 0) is 18.6 Å². The Morgan fingerprint density at radius 2 is 1.82 bits per heavy atom. The lowest BCUT2D eigenvalue weighted by Gasteiger charge is -2.11. The Balaban J connectivity index is 1.95. The Labute approximate surface area is 203 Å². The van der Waals surface area contributed by atoms with Crippen LogP contribution in [0.5, 0.6) is 0 Å². The lowest BCUT2D eigenvalue weighted by molar-refractivity contribution is 0.595. The molecule has 0 aliphatic heterocycles. The van der Waals surface area contributed by atoms with Gasteiger partial charge in [0, 0.05) is 21.9 Å². The highest BCUT2D eigenvalue weighted by molar-refractivity contribution is 7.87. The van der Waals surface area contributed by atoms with Crippen LogP contribution < -0.4 is 10.8 Å². The van der Waals surface area contributed by atoms with Crippen molar-refractivity contribution in [2.75, 3.05) is 0 Å². The van der Waals surface area contributed by atoms with Crippen molar-refractivity contribution in [1.82, 2.24) is 14.1 Å². The minimum atomic E-state index is -1.94. The van der Waals surface area contributed by atoms with Gasteiger partial charge in [0.1, 0.15) is 0 Å². The van der Waals surface area contributed by atoms with Gasteiger partial charge in [0.2, 0.25) is 0 Å². The average Bonchev–Trinajstić information content (AvgIpc) is 3.11. The van der Waals surface area contributed by atoms with Gasteiger partial charge in [-0.05, 0) is 60.0 Å². The molecule has 5 rings (SSSR count). The maximum atomic E-state index is 12.0. The van der Waals surface area contributed by atoms with Gasteiger partial charge in [0.05, 0.1) is 40.1 Å². The predicted octanol–water partition coefficient (Wildman–Crippen LogP) is 4.46. The van der Waals surface area contributed by atoms with E-state index in [-0.39, 0.29) is 0 Å². The number of fused-ring (bicyclic) bond motifs is 3. The molecule has 0 aliphatic carbocycles. The highest BCUT2D eigenvalue weighted by Crippen LogP contribution is 2.31. The summed E-state index contributed by atoms with van der Waals surface area (Å²) in [6, 6.07) is 21.3. The smallest absolute Gasteiger partial charge is 0.266 e. The third-order valence-electron chi connectivity index (χ3n) is 5.83. The Bertz CT molecular complexity index is 1680. The molecule has 9 heteroatoms. The summed E-state index contributed by atoms with van der Waals surface area (Å²) in [6.45, 7) is 1.95. The number of halogens is 1. The molecule has 1 unspecified atom stereocenters. The van der Waals surface area contributed by atoms with Crippen LogP contribution in [0.25, 0.3) is 38.8 Å². The second kappa shape index (κ2) is 8.63. The molecule has 0 bridgehead atoms. The molecular weight excluding hydrogens is 468 g/mol. The minimum absolute atomic E-state index is 0.389. The Morgan fingerprint density at radius 1 is 1.09 bits per heavy atom. The van der Waals surface area contributed by atoms with Crippen molar-refractivity contribution in [2.24, 2.45) is 16.6 Å². The summed E-state index contributed by atoms with van der Waals surface area (Å²) >= 11 is 4.14. The summed E-state index contributed by atoms with van der Waals surface area (Å²) in [5.41, 5.74) is 6.98. The fraction of sp³-hybridized carbons (Fsp3) is 0.0800. The van der Waals surface area contributed by atoms with E-state index in [0.717, 1.165) is 44.3 Å². The number of hydrogen-bond acceptors (Lipinski definition) is 5. The summed E-state index contributed by atoms with van der Waals surface area (Å²) in [5.74, 6) is 0. The topological polar surface area (TPSA) is 108 Å². The van der Waals surface area contributed by atoms with E-state index >= 15 is 0 Å². The van der Waals surface area contributed by atoms with Crippen LogP contribution in [0.15, 0.2) is 71.3 Å². The van der Waals surface area contributed by atoms with Crippen LogP contribution in [0.3, 0.4) is 0 Å². The number of imidazole rings is 1. The molecule has 0 fully saturated rings. The zero-order chi connectivity index (χ0) is 24.0. The summed E-state index contributed by atoms with van der Waals surface area (Å²) in [7, 11) is 1.82. The molecule has 168 valence electrons. The third-order valence-corrected chi connectivity index (χ3v) is 6.43. The molecule has 0 amide bonds. The summed E-state index contributed by atoms with van der Waals surface area (Å²) in [5, 5.41) is 16.6. The fourth-order valence-electron chi connectivity index (χ4n) is 4.16. The van der Waals surface area contributed by atoms with E-state index in [1.165, 1.54) is 0 Å². The average molecular weight is 487 g/mol. The van der Waals surface area contributed by atoms with Crippen LogP contribution in [0.4, 0.5) is 0 Å². The monoisotopic (exact) mass is 486 g/mol. The molecule has 7 nitrogen and oxygen atoms in total. The molecule has 1 atom stereocenters. The Kier molecular flexibility index (Phi) is 5.63. The van der Waals surface area contributed by atoms with Crippen LogP contribution in [-0.4, -0.2) is 18.7 Å². The van der Waals surface area contributed by atoms with Crippen molar-refractivity contribution in [1.29, 1.82) is 5.26 Å². The van der Waals surface area contributed by atoms with Gasteiger partial charge in [-0.3, -0.25) is 9.55 Å². The molecule has 34 heavy (non-hydrogen) atoms. The van der Waals surface area contributed by atoms with E-state index in [0.29, 0.717) is 16.2 Å². The molecule has 2 N–H and O–H groups in total. The van der Waals surface area contributed by atoms with Crippen molar-refractivity contribution < 1.29 is 4.55 Å². The first-order valence-corrected chi connectivity index (χ1v) is 11.9. The van der Waals surface area contributed by atoms with Crippen LogP contribution in [0.2, 0.25) is 5.02 Å². The number of pyridine rings is 1. The predicted molar refractivity (Wildman–Crippen MR) is 135 cm³/mol. The van der Waals surface area contributed by atoms with E-state index in [4.69, 9.17) is 16.7 Å². The van der Waals surface area contributed by atoms with Crippen molar-refractivity contribution in [3.63, 3.8) is 0 Å². The number of aryl methyl sites for hydroxylation is 2. The Morgan fingerprint density at radius 3 is 2.53 bits per heavy atom. The zero-order valence-corrected chi connectivity index (χ0v) is 19.9. The van der Waals surface area contributed by atoms with Gasteiger partial charge in [-0.2, -0.15) is 5.26 Å². The second-order valence-electron chi connectivity index (χ2n) is 7.91. The Hall–Kier alpha value is -3.61. The number of benzene rings is 3. The summed E-state index contributed by atoms with van der Waals surface area (Å²) in [6.07, 6.45) is 1.76. The van der Waals surface area contributed by atoms with Crippen LogP contribution in [0, 0.1) is 18.3 Å². The summed E-state index contributed by atoms with van der Waals surface area (Å²) < 4.78 is 19.9. The van der Waals surface area contributed by atoms with Gasteiger partial charge in [0.25, 0.3) is 5.62 Å². The first-order valence-electron chi connectivity index (χ1n) is 10.4. The number of hydrogen-bond donors (Lipinski definition) is 1. The van der Waals surface area contributed by atoms with Gasteiger partial charge >= 0.3 is 0 Å². The maximum Gasteiger partial charge on any atom is 0.266 e. The highest BCUT2D eigenvalue weighted by atomic mass is 35.5. The molecule has 3 aromatic carbocycles. The fourth-order valence-corrected chi connectivity index (χ4v) is 4.65. The number of rotatable bonds is 3. The van der Waals surface area contributed by atoms with Gasteiger partial charge in [-0.1, -0.05) is 35.9 Å². The van der Waals surface area contributed by atoms with Gasteiger partial charge in [0.15, 0.2) is 11.5 Å². The number of nitrogens with two attached hydrogens (primary N) is 1. The molecule has 0 spiro atoms. The number of nitriles is 1. The molecule has 0 radical (unpaired) electrons. The lowest BCUT2D eigenvalue weighted by Crippen LogP contribution is -2.27. The molecular formula is C25H19ClN6OS. The molecule has 0 saturated heterocycles. The SMILES string of the molecule is Cc1ccc(C#N)cc1-n1c(=N[S+](N)[O-])n(C)c2cnc3ccc(-c4ccc(Cl)cc4)cc3c21. The molecule has 2 heterocycles. The van der Waals surface area contributed by atoms with Crippen molar-refractivity contribution >= 4 is 45.1 Å². The van der Waals surface area contributed by atoms with E-state index in [9.17, 15) is 9.81 Å². The quantitative estimate of drug-likeness (QED) is 0.380. The standard InChI is InChI=1S/C25H19ClN6OS/c1-15-3-4-16(13-27)11-22(15)32-24-20-12-18(17-5-8-19(26)9-6-17)7-10-21(20)29-14-23(24)31(2)25(32)30-34(28)33/h3-12,14H,28H2,1-2H3. The van der Waals surface area contributed by atoms with Crippen molar-refractivity contribution in [2.45, 2.75) is 6.92 Å². The summed E-state index contributed by atoms with van der Waals surface area (Å²) in [4.78, 5) is 4.65. The molecule has 5 aromatic rings. The lowest BCUT2D eigenvalue weighted by atomic mass is 10.0. The van der Waals surface area contributed by atoms with Crippen molar-refractivity contribution in [3.8, 4) is 22.9 Å². The second-order valence-corrected chi connectivity index (χ2v) is 9.08. The van der Waals surface area contributed by atoms with Gasteiger partial charge in [-0.25, -0.2) is 0 Å². The van der Waals surface area contributed by atoms with E-state index in [1.807, 2.05) is 61.0 Å². The van der Waals surface area contributed by atoms with Crippen LogP contribution >= 0.6 is 11.6 Å². The first kappa shape index (κ1) is 22.2. The van der Waals surface area contributed by atoms with Crippen molar-refractivity contribution in [3.05, 3.63) is 88.6 Å². The highest BCUT2D eigenvalue weighted by Gasteiger charge is 2.19. The number of aromatic nitrogens is 3. The maximum absolute atomic E-state index is 12.0. The van der Waals surface area contributed by atoms with Gasteiger partial charge < -0.3 is 9.12 Å². The van der Waals surface area contributed by atoms with E-state index in [2.05, 4.69) is 21.5 Å². The normalized spacial score (nSPS) is 12.9. The minimum Gasteiger partial charge on any atom is -0.572 e. The molecule has 0 saturated carbocycles. The zero-order valence-electron chi connectivity index (χ0n) is 18.4. The van der Waals surface area contributed by atoms with E-state index < -0.39 is 11.5 Å². The largest absolute Gasteiger partial charge is 0.572 e. The molecule has 0 aliphatic rings. The first-order chi connectivity index (χ1) is 16.4. The van der Waals surface area contributed by atoms with Gasteiger partial charge in [-0.15, -0.1) is 5.14 Å².